The zero-order chi connectivity index (χ0) is 13.0. The van der Waals surface area contributed by atoms with Crippen LogP contribution in [0.1, 0.15) is 10.4 Å². The van der Waals surface area contributed by atoms with Crippen molar-refractivity contribution < 1.29 is 4.79 Å². The second-order valence-corrected chi connectivity index (χ2v) is 5.57. The van der Waals surface area contributed by atoms with E-state index in [0.717, 1.165) is 9.37 Å². The number of nitrogens with zero attached hydrogens (tertiary/aromatic N) is 1. The molecule has 5 heteroatoms. The molecule has 0 amide bonds. The third-order valence-electron chi connectivity index (χ3n) is 2.32. The predicted octanol–water partition coefficient (Wildman–Crippen LogP) is 3.40. The van der Waals surface area contributed by atoms with Gasteiger partial charge in [-0.3, -0.25) is 4.79 Å². The molecule has 1 aromatic heterocycles. The van der Waals surface area contributed by atoms with E-state index in [0.29, 0.717) is 17.1 Å². The summed E-state index contributed by atoms with van der Waals surface area (Å²) >= 11 is 4.86. The monoisotopic (exact) mass is 322 g/mol. The molecule has 1 heterocycles. The zero-order valence-electron chi connectivity index (χ0n) is 9.47. The Morgan fingerprint density at radius 3 is 2.67 bits per heavy atom. The third-order valence-corrected chi connectivity index (χ3v) is 3.86. The molecule has 1 aromatic carbocycles. The fourth-order valence-corrected chi connectivity index (χ4v) is 2.46. The van der Waals surface area contributed by atoms with Crippen LogP contribution in [0.2, 0.25) is 0 Å². The van der Waals surface area contributed by atoms with Crippen LogP contribution >= 0.6 is 27.7 Å². The number of rotatable bonds is 4. The van der Waals surface area contributed by atoms with Crippen molar-refractivity contribution in [2.45, 2.75) is 4.90 Å². The summed E-state index contributed by atoms with van der Waals surface area (Å²) in [5.41, 5.74) is 6.15. The van der Waals surface area contributed by atoms with E-state index in [1.54, 1.807) is 18.3 Å². The van der Waals surface area contributed by atoms with Gasteiger partial charge in [-0.1, -0.05) is 15.9 Å². The van der Waals surface area contributed by atoms with Crippen molar-refractivity contribution in [3.05, 3.63) is 52.6 Å². The highest BCUT2D eigenvalue weighted by atomic mass is 79.9. The highest BCUT2D eigenvalue weighted by molar-refractivity contribution is 9.10. The molecule has 2 aromatic rings. The minimum absolute atomic E-state index is 0.00600. The van der Waals surface area contributed by atoms with Crippen molar-refractivity contribution in [1.29, 1.82) is 0 Å². The van der Waals surface area contributed by atoms with Gasteiger partial charge < -0.3 is 5.73 Å². The predicted molar refractivity (Wildman–Crippen MR) is 77.8 cm³/mol. The molecule has 18 heavy (non-hydrogen) atoms. The summed E-state index contributed by atoms with van der Waals surface area (Å²) in [6.07, 6.45) is 1.58. The van der Waals surface area contributed by atoms with Crippen LogP contribution in [-0.4, -0.2) is 16.5 Å². The quantitative estimate of drug-likeness (QED) is 0.692. The number of nitrogen functional groups attached to an aromatic ring is 1. The lowest BCUT2D eigenvalue weighted by Crippen LogP contribution is -2.07. The molecule has 3 nitrogen and oxygen atoms in total. The van der Waals surface area contributed by atoms with Crippen LogP contribution in [0.4, 0.5) is 5.82 Å². The lowest BCUT2D eigenvalue weighted by Gasteiger charge is -2.03. The van der Waals surface area contributed by atoms with Gasteiger partial charge in [0.2, 0.25) is 0 Å². The molecule has 0 radical (unpaired) electrons. The first-order valence-corrected chi connectivity index (χ1v) is 7.07. The number of benzene rings is 1. The van der Waals surface area contributed by atoms with Gasteiger partial charge in [0.1, 0.15) is 5.82 Å². The number of hydrogen-bond donors (Lipinski definition) is 1. The Morgan fingerprint density at radius 2 is 2.00 bits per heavy atom. The topological polar surface area (TPSA) is 56.0 Å². The summed E-state index contributed by atoms with van der Waals surface area (Å²) in [6.45, 7) is 0. The summed E-state index contributed by atoms with van der Waals surface area (Å²) in [5, 5.41) is 0. The van der Waals surface area contributed by atoms with E-state index in [2.05, 4.69) is 20.9 Å². The number of carbonyl (C=O) groups is 1. The van der Waals surface area contributed by atoms with Gasteiger partial charge in [0.05, 0.1) is 11.3 Å². The summed E-state index contributed by atoms with van der Waals surface area (Å²) in [5.74, 6) is 0.643. The molecule has 0 aliphatic carbocycles. The van der Waals surface area contributed by atoms with E-state index < -0.39 is 0 Å². The van der Waals surface area contributed by atoms with Gasteiger partial charge in [-0.05, 0) is 36.4 Å². The number of hydrogen-bond acceptors (Lipinski definition) is 4. The maximum absolute atomic E-state index is 12.0. The third kappa shape index (κ3) is 3.34. The molecule has 0 saturated carbocycles. The maximum atomic E-state index is 12.0. The van der Waals surface area contributed by atoms with Crippen molar-refractivity contribution in [3.8, 4) is 0 Å². The largest absolute Gasteiger partial charge is 0.383 e. The molecule has 0 atom stereocenters. The van der Waals surface area contributed by atoms with Gasteiger partial charge in [0.15, 0.2) is 5.78 Å². The Hall–Kier alpha value is -1.33. The number of nitrogens with two attached hydrogens (primary N) is 1. The molecule has 0 bridgehead atoms. The number of ketones is 1. The fourth-order valence-electron chi connectivity index (χ4n) is 1.41. The average molecular weight is 323 g/mol. The number of halogens is 1. The molecule has 0 fully saturated rings. The van der Waals surface area contributed by atoms with Gasteiger partial charge in [-0.25, -0.2) is 4.98 Å². The van der Waals surface area contributed by atoms with Crippen LogP contribution in [0.3, 0.4) is 0 Å². The maximum Gasteiger partial charge on any atom is 0.176 e. The van der Waals surface area contributed by atoms with Crippen LogP contribution in [-0.2, 0) is 0 Å². The summed E-state index contributed by atoms with van der Waals surface area (Å²) in [7, 11) is 0. The number of carbonyl (C=O) groups excluding carboxylic acids is 1. The van der Waals surface area contributed by atoms with Crippen LogP contribution in [0.15, 0.2) is 52.0 Å². The van der Waals surface area contributed by atoms with Crippen molar-refractivity contribution >= 4 is 39.3 Å². The molecule has 0 unspecified atom stereocenters. The van der Waals surface area contributed by atoms with Crippen LogP contribution < -0.4 is 5.73 Å². The summed E-state index contributed by atoms with van der Waals surface area (Å²) < 4.78 is 1.02. The standard InChI is InChI=1S/C13H11BrN2OS/c14-9-3-5-10(6-4-9)18-8-12(17)11-2-1-7-16-13(11)15/h1-7H,8H2,(H2,15,16). The number of thioether (sulfide) groups is 1. The minimum atomic E-state index is -0.00600. The number of pyridine rings is 1. The van der Waals surface area contributed by atoms with Crippen LogP contribution in [0.5, 0.6) is 0 Å². The first kappa shape index (κ1) is 13.1. The number of aromatic nitrogens is 1. The van der Waals surface area contributed by atoms with Gasteiger partial charge in [-0.2, -0.15) is 0 Å². The van der Waals surface area contributed by atoms with Crippen LogP contribution in [0, 0.1) is 0 Å². The van der Waals surface area contributed by atoms with E-state index in [-0.39, 0.29) is 5.78 Å². The molecular formula is C13H11BrN2OS. The first-order chi connectivity index (χ1) is 8.66. The first-order valence-electron chi connectivity index (χ1n) is 5.29. The van der Waals surface area contributed by atoms with Crippen molar-refractivity contribution in [2.75, 3.05) is 11.5 Å². The van der Waals surface area contributed by atoms with Gasteiger partial charge in [0.25, 0.3) is 0 Å². The second kappa shape index (κ2) is 6.02. The average Bonchev–Trinajstić information content (AvgIpc) is 2.38. The lowest BCUT2D eigenvalue weighted by molar-refractivity contribution is 0.102. The Bertz CT molecular complexity index is 557. The SMILES string of the molecule is Nc1ncccc1C(=O)CSc1ccc(Br)cc1. The van der Waals surface area contributed by atoms with Crippen molar-refractivity contribution in [2.24, 2.45) is 0 Å². The van der Waals surface area contributed by atoms with Crippen molar-refractivity contribution in [3.63, 3.8) is 0 Å². The Balaban J connectivity index is 2.01. The van der Waals surface area contributed by atoms with E-state index in [1.807, 2.05) is 24.3 Å². The van der Waals surface area contributed by atoms with Gasteiger partial charge >= 0.3 is 0 Å². The number of Topliss-reactive ketones (excluding diaryl/α,β-unsaturated/α-hetero) is 1. The van der Waals surface area contributed by atoms with E-state index in [1.165, 1.54) is 11.8 Å². The minimum Gasteiger partial charge on any atom is -0.383 e. The molecule has 0 aliphatic heterocycles. The van der Waals surface area contributed by atoms with E-state index >= 15 is 0 Å². The van der Waals surface area contributed by atoms with Crippen molar-refractivity contribution in [1.82, 2.24) is 4.98 Å². The summed E-state index contributed by atoms with van der Waals surface area (Å²) in [6, 6.07) is 11.3. The van der Waals surface area contributed by atoms with Crippen LogP contribution in [0.25, 0.3) is 0 Å². The highest BCUT2D eigenvalue weighted by Gasteiger charge is 2.10. The second-order valence-electron chi connectivity index (χ2n) is 3.60. The molecule has 0 aliphatic rings. The number of anilines is 1. The Labute approximate surface area is 118 Å². The van der Waals surface area contributed by atoms with E-state index in [4.69, 9.17) is 5.73 Å². The Morgan fingerprint density at radius 1 is 1.28 bits per heavy atom. The molecule has 0 spiro atoms. The Kier molecular flexibility index (Phi) is 4.38. The van der Waals surface area contributed by atoms with E-state index in [9.17, 15) is 4.79 Å². The summed E-state index contributed by atoms with van der Waals surface area (Å²) in [4.78, 5) is 16.9. The highest BCUT2D eigenvalue weighted by Crippen LogP contribution is 2.22. The van der Waals surface area contributed by atoms with Gasteiger partial charge in [-0.15, -0.1) is 11.8 Å². The molecule has 2 N–H and O–H groups in total. The fraction of sp³-hybridized carbons (Fsp3) is 0.0769. The lowest BCUT2D eigenvalue weighted by atomic mass is 10.2. The molecule has 0 saturated heterocycles. The molecular weight excluding hydrogens is 312 g/mol. The van der Waals surface area contributed by atoms with Gasteiger partial charge in [0, 0.05) is 15.6 Å². The molecule has 92 valence electrons. The normalized spacial score (nSPS) is 10.3. The smallest absolute Gasteiger partial charge is 0.176 e. The zero-order valence-corrected chi connectivity index (χ0v) is 11.9. The molecule has 2 rings (SSSR count).